The molecule has 0 N–H and O–H groups in total. The van der Waals surface area contributed by atoms with E-state index in [1.807, 2.05) is 17.2 Å². The summed E-state index contributed by atoms with van der Waals surface area (Å²) in [4.78, 5) is 26.4. The van der Waals surface area contributed by atoms with Gasteiger partial charge in [0.25, 0.3) is 0 Å². The van der Waals surface area contributed by atoms with Crippen LogP contribution in [0.15, 0.2) is 17.8 Å². The molecular weight excluding hydrogens is 304 g/mol. The van der Waals surface area contributed by atoms with Gasteiger partial charge in [0.2, 0.25) is 5.95 Å². The summed E-state index contributed by atoms with van der Waals surface area (Å²) in [6.07, 6.45) is 2.88. The zero-order valence-electron chi connectivity index (χ0n) is 12.4. The summed E-state index contributed by atoms with van der Waals surface area (Å²) in [5.74, 6) is 0.138. The number of hydrogen-bond acceptors (Lipinski definition) is 8. The predicted octanol–water partition coefficient (Wildman–Crippen LogP) is 1.61. The third kappa shape index (κ3) is 3.07. The van der Waals surface area contributed by atoms with E-state index in [1.54, 1.807) is 11.3 Å². The van der Waals surface area contributed by atoms with E-state index in [0.717, 1.165) is 10.7 Å². The van der Waals surface area contributed by atoms with Crippen LogP contribution in [-0.4, -0.2) is 47.7 Å². The lowest BCUT2D eigenvalue weighted by Crippen LogP contribution is -2.39. The van der Waals surface area contributed by atoms with E-state index >= 15 is 0 Å². The Kier molecular flexibility index (Phi) is 4.30. The monoisotopic (exact) mass is 320 g/mol. The highest BCUT2D eigenvalue weighted by atomic mass is 32.1. The van der Waals surface area contributed by atoms with Gasteiger partial charge in [0.05, 0.1) is 25.8 Å². The van der Waals surface area contributed by atoms with Crippen molar-refractivity contribution in [3.05, 3.63) is 34.0 Å². The lowest BCUT2D eigenvalue weighted by molar-refractivity contribution is 0.0390. The Balaban J connectivity index is 1.73. The summed E-state index contributed by atoms with van der Waals surface area (Å²) in [6, 6.07) is 0. The molecule has 1 fully saturated rings. The molecule has 116 valence electrons. The van der Waals surface area contributed by atoms with Crippen LogP contribution in [0.2, 0.25) is 0 Å². The second kappa shape index (κ2) is 6.37. The van der Waals surface area contributed by atoms with Crippen molar-refractivity contribution in [2.45, 2.75) is 13.0 Å². The van der Waals surface area contributed by atoms with Crippen molar-refractivity contribution in [3.63, 3.8) is 0 Å². The number of hydrogen-bond donors (Lipinski definition) is 0. The van der Waals surface area contributed by atoms with E-state index < -0.39 is 5.97 Å². The van der Waals surface area contributed by atoms with Gasteiger partial charge in [0, 0.05) is 30.0 Å². The van der Waals surface area contributed by atoms with Gasteiger partial charge in [-0.1, -0.05) is 0 Å². The molecule has 1 unspecified atom stereocenters. The number of carbonyl (C=O) groups is 1. The Morgan fingerprint density at radius 3 is 2.86 bits per heavy atom. The van der Waals surface area contributed by atoms with Gasteiger partial charge < -0.3 is 14.4 Å². The normalized spacial score (nSPS) is 18.3. The molecule has 1 atom stereocenters. The van der Waals surface area contributed by atoms with Crippen molar-refractivity contribution in [1.29, 1.82) is 0 Å². The third-order valence-electron chi connectivity index (χ3n) is 3.32. The number of carbonyl (C=O) groups excluding carboxylic acids is 1. The molecule has 0 amide bonds. The zero-order chi connectivity index (χ0) is 15.5. The summed E-state index contributed by atoms with van der Waals surface area (Å²) < 4.78 is 10.4. The molecule has 0 bridgehead atoms. The highest BCUT2D eigenvalue weighted by molar-refractivity contribution is 7.09. The number of morpholine rings is 1. The van der Waals surface area contributed by atoms with E-state index in [4.69, 9.17) is 4.74 Å². The quantitative estimate of drug-likeness (QED) is 0.795. The molecule has 7 nitrogen and oxygen atoms in total. The van der Waals surface area contributed by atoms with Crippen LogP contribution in [0.1, 0.15) is 27.2 Å². The second-order valence-electron chi connectivity index (χ2n) is 4.90. The van der Waals surface area contributed by atoms with Crippen molar-refractivity contribution in [1.82, 2.24) is 15.0 Å². The lowest BCUT2D eigenvalue weighted by Gasteiger charge is -2.31. The first-order valence-corrected chi connectivity index (χ1v) is 7.74. The van der Waals surface area contributed by atoms with Crippen LogP contribution in [0.5, 0.6) is 0 Å². The van der Waals surface area contributed by atoms with Gasteiger partial charge in [-0.3, -0.25) is 0 Å². The summed E-state index contributed by atoms with van der Waals surface area (Å²) >= 11 is 1.60. The third-order valence-corrected chi connectivity index (χ3v) is 4.38. The van der Waals surface area contributed by atoms with Gasteiger partial charge in [-0.2, -0.15) is 0 Å². The molecule has 0 aromatic carbocycles. The van der Waals surface area contributed by atoms with Gasteiger partial charge in [-0.05, 0) is 6.92 Å². The van der Waals surface area contributed by atoms with Crippen molar-refractivity contribution < 1.29 is 14.3 Å². The minimum absolute atomic E-state index is 0.0728. The Hall–Kier alpha value is -2.06. The number of aryl methyl sites for hydroxylation is 1. The van der Waals surface area contributed by atoms with Crippen LogP contribution in [-0.2, 0) is 9.47 Å². The maximum absolute atomic E-state index is 11.4. The molecular formula is C14H16N4O3S. The van der Waals surface area contributed by atoms with Crippen LogP contribution >= 0.6 is 11.3 Å². The first-order valence-electron chi connectivity index (χ1n) is 6.86. The number of ether oxygens (including phenoxy) is 2. The molecule has 2 aromatic rings. The van der Waals surface area contributed by atoms with Crippen LogP contribution < -0.4 is 4.90 Å². The van der Waals surface area contributed by atoms with Crippen molar-refractivity contribution in [2.75, 3.05) is 31.7 Å². The van der Waals surface area contributed by atoms with Crippen LogP contribution in [0.3, 0.4) is 0 Å². The van der Waals surface area contributed by atoms with E-state index in [-0.39, 0.29) is 6.10 Å². The van der Waals surface area contributed by atoms with Gasteiger partial charge in [-0.25, -0.2) is 19.7 Å². The van der Waals surface area contributed by atoms with Crippen LogP contribution in [0, 0.1) is 6.92 Å². The fourth-order valence-electron chi connectivity index (χ4n) is 2.21. The topological polar surface area (TPSA) is 77.4 Å². The first kappa shape index (κ1) is 14.9. The molecule has 3 rings (SSSR count). The number of rotatable bonds is 3. The maximum atomic E-state index is 11.4. The Bertz CT molecular complexity index is 658. The standard InChI is InChI=1S/C14H16N4O3S/c1-9-8-22-12(17-9)11-7-18(3-4-21-11)14-15-5-10(6-16-14)13(19)20-2/h5-6,8,11H,3-4,7H2,1-2H3. The highest BCUT2D eigenvalue weighted by Crippen LogP contribution is 2.26. The van der Waals surface area contributed by atoms with Crippen molar-refractivity contribution in [2.24, 2.45) is 0 Å². The number of thiazole rings is 1. The summed E-state index contributed by atoms with van der Waals surface area (Å²) in [6.45, 7) is 3.91. The average Bonchev–Trinajstić information content (AvgIpc) is 3.01. The fourth-order valence-corrected chi connectivity index (χ4v) is 3.04. The Morgan fingerprint density at radius 1 is 1.45 bits per heavy atom. The van der Waals surface area contributed by atoms with Crippen molar-refractivity contribution >= 4 is 23.3 Å². The average molecular weight is 320 g/mol. The predicted molar refractivity (Wildman–Crippen MR) is 81.1 cm³/mol. The second-order valence-corrected chi connectivity index (χ2v) is 5.79. The van der Waals surface area contributed by atoms with E-state index in [2.05, 4.69) is 19.7 Å². The SMILES string of the molecule is COC(=O)c1cnc(N2CCOC(c3nc(C)cs3)C2)nc1. The fraction of sp³-hybridized carbons (Fsp3) is 0.429. The van der Waals surface area contributed by atoms with E-state index in [1.165, 1.54) is 19.5 Å². The maximum Gasteiger partial charge on any atom is 0.341 e. The Morgan fingerprint density at radius 2 is 2.23 bits per heavy atom. The van der Waals surface area contributed by atoms with E-state index in [9.17, 15) is 4.79 Å². The van der Waals surface area contributed by atoms with Gasteiger partial charge in [0.15, 0.2) is 0 Å². The summed E-state index contributed by atoms with van der Waals surface area (Å²) in [7, 11) is 1.33. The van der Waals surface area contributed by atoms with Gasteiger partial charge in [0.1, 0.15) is 11.1 Å². The molecule has 1 saturated heterocycles. The van der Waals surface area contributed by atoms with Gasteiger partial charge >= 0.3 is 5.97 Å². The highest BCUT2D eigenvalue weighted by Gasteiger charge is 2.25. The van der Waals surface area contributed by atoms with Crippen LogP contribution in [0.4, 0.5) is 5.95 Å². The Labute approximate surface area is 131 Å². The molecule has 8 heteroatoms. The number of nitrogens with zero attached hydrogens (tertiary/aromatic N) is 4. The molecule has 22 heavy (non-hydrogen) atoms. The number of esters is 1. The molecule has 3 heterocycles. The van der Waals surface area contributed by atoms with Gasteiger partial charge in [-0.15, -0.1) is 11.3 Å². The minimum Gasteiger partial charge on any atom is -0.465 e. The zero-order valence-corrected chi connectivity index (χ0v) is 13.2. The smallest absolute Gasteiger partial charge is 0.341 e. The minimum atomic E-state index is -0.440. The molecule has 1 aliphatic rings. The number of anilines is 1. The first-order chi connectivity index (χ1) is 10.7. The summed E-state index contributed by atoms with van der Waals surface area (Å²) in [5.41, 5.74) is 1.34. The molecule has 1 aliphatic heterocycles. The molecule has 0 aliphatic carbocycles. The largest absolute Gasteiger partial charge is 0.465 e. The van der Waals surface area contributed by atoms with E-state index in [0.29, 0.717) is 31.2 Å². The van der Waals surface area contributed by atoms with Crippen molar-refractivity contribution in [3.8, 4) is 0 Å². The number of methoxy groups -OCH3 is 1. The molecule has 0 spiro atoms. The number of aromatic nitrogens is 3. The molecule has 0 saturated carbocycles. The molecule has 2 aromatic heterocycles. The van der Waals surface area contributed by atoms with Crippen LogP contribution in [0.25, 0.3) is 0 Å². The lowest BCUT2D eigenvalue weighted by atomic mass is 10.3. The molecule has 0 radical (unpaired) electrons. The summed E-state index contributed by atoms with van der Waals surface area (Å²) in [5, 5.41) is 2.98.